The van der Waals surface area contributed by atoms with E-state index in [1.54, 1.807) is 6.92 Å². The Hall–Kier alpha value is -1.06. The molecule has 0 saturated heterocycles. The SMILES string of the molecule is CCCCC1CCC(C(=O)NCC(C)(CC)C(=O)O)CC1. The minimum Gasteiger partial charge on any atom is -0.481 e. The minimum absolute atomic E-state index is 0.0462. The molecule has 0 radical (unpaired) electrons. The highest BCUT2D eigenvalue weighted by Gasteiger charge is 2.33. The molecule has 2 N–H and O–H groups in total. The summed E-state index contributed by atoms with van der Waals surface area (Å²) in [5.74, 6) is 0.0742. The third-order valence-electron chi connectivity index (χ3n) is 5.13. The maximum absolute atomic E-state index is 12.2. The summed E-state index contributed by atoms with van der Waals surface area (Å²) in [6, 6.07) is 0. The number of carboxylic acids is 1. The average molecular weight is 297 g/mol. The number of unbranched alkanes of at least 4 members (excludes halogenated alkanes) is 1. The van der Waals surface area contributed by atoms with Crippen LogP contribution in [0.5, 0.6) is 0 Å². The highest BCUT2D eigenvalue weighted by molar-refractivity contribution is 5.80. The normalized spacial score (nSPS) is 25.1. The standard InChI is InChI=1S/C17H31NO3/c1-4-6-7-13-8-10-14(11-9-13)15(19)18-12-17(3,5-2)16(20)21/h13-14H,4-12H2,1-3H3,(H,18,19)(H,20,21). The Labute approximate surface area is 128 Å². The number of hydrogen-bond acceptors (Lipinski definition) is 2. The van der Waals surface area contributed by atoms with Crippen molar-refractivity contribution in [3.05, 3.63) is 0 Å². The topological polar surface area (TPSA) is 66.4 Å². The maximum Gasteiger partial charge on any atom is 0.311 e. The summed E-state index contributed by atoms with van der Waals surface area (Å²) in [5, 5.41) is 12.1. The lowest BCUT2D eigenvalue weighted by Crippen LogP contribution is -2.43. The molecule has 0 aromatic heterocycles. The smallest absolute Gasteiger partial charge is 0.311 e. The predicted molar refractivity (Wildman–Crippen MR) is 84.0 cm³/mol. The summed E-state index contributed by atoms with van der Waals surface area (Å²) in [7, 11) is 0. The summed E-state index contributed by atoms with van der Waals surface area (Å²) >= 11 is 0. The van der Waals surface area contributed by atoms with Crippen LogP contribution in [0.2, 0.25) is 0 Å². The van der Waals surface area contributed by atoms with Crippen LogP contribution in [-0.4, -0.2) is 23.5 Å². The molecular formula is C17H31NO3. The number of carboxylic acid groups (broad SMARTS) is 1. The Morgan fingerprint density at radius 3 is 2.29 bits per heavy atom. The van der Waals surface area contributed by atoms with Crippen molar-refractivity contribution in [2.75, 3.05) is 6.54 Å². The van der Waals surface area contributed by atoms with Gasteiger partial charge in [-0.05, 0) is 44.9 Å². The van der Waals surface area contributed by atoms with E-state index < -0.39 is 11.4 Å². The summed E-state index contributed by atoms with van der Waals surface area (Å²) < 4.78 is 0. The van der Waals surface area contributed by atoms with Crippen molar-refractivity contribution in [3.63, 3.8) is 0 Å². The molecule has 1 unspecified atom stereocenters. The van der Waals surface area contributed by atoms with Gasteiger partial charge in [-0.1, -0.05) is 33.1 Å². The van der Waals surface area contributed by atoms with E-state index >= 15 is 0 Å². The molecule has 4 heteroatoms. The van der Waals surface area contributed by atoms with Gasteiger partial charge >= 0.3 is 5.97 Å². The van der Waals surface area contributed by atoms with E-state index in [1.807, 2.05) is 6.92 Å². The van der Waals surface area contributed by atoms with Gasteiger partial charge in [0.15, 0.2) is 0 Å². The van der Waals surface area contributed by atoms with E-state index in [4.69, 9.17) is 0 Å². The van der Waals surface area contributed by atoms with Gasteiger partial charge in [-0.15, -0.1) is 0 Å². The van der Waals surface area contributed by atoms with Crippen molar-refractivity contribution in [1.82, 2.24) is 5.32 Å². The Morgan fingerprint density at radius 1 is 1.19 bits per heavy atom. The molecule has 0 bridgehead atoms. The van der Waals surface area contributed by atoms with Gasteiger partial charge in [0.25, 0.3) is 0 Å². The quantitative estimate of drug-likeness (QED) is 0.719. The van der Waals surface area contributed by atoms with E-state index in [0.717, 1.165) is 31.6 Å². The van der Waals surface area contributed by atoms with Gasteiger partial charge in [-0.3, -0.25) is 9.59 Å². The largest absolute Gasteiger partial charge is 0.481 e. The van der Waals surface area contributed by atoms with Crippen LogP contribution in [0.3, 0.4) is 0 Å². The van der Waals surface area contributed by atoms with Crippen LogP contribution in [-0.2, 0) is 9.59 Å². The molecule has 1 fully saturated rings. The molecule has 1 aliphatic rings. The van der Waals surface area contributed by atoms with Crippen LogP contribution in [0.15, 0.2) is 0 Å². The van der Waals surface area contributed by atoms with E-state index in [2.05, 4.69) is 12.2 Å². The van der Waals surface area contributed by atoms with Crippen LogP contribution < -0.4 is 5.32 Å². The van der Waals surface area contributed by atoms with Crippen LogP contribution >= 0.6 is 0 Å². The number of aliphatic carboxylic acids is 1. The lowest BCUT2D eigenvalue weighted by atomic mass is 9.79. The molecule has 0 heterocycles. The van der Waals surface area contributed by atoms with E-state index in [9.17, 15) is 14.7 Å². The molecule has 0 spiro atoms. The number of hydrogen-bond donors (Lipinski definition) is 2. The van der Waals surface area contributed by atoms with Crippen LogP contribution in [0.4, 0.5) is 0 Å². The Balaban J connectivity index is 2.36. The highest BCUT2D eigenvalue weighted by Crippen LogP contribution is 2.32. The molecule has 0 aromatic rings. The van der Waals surface area contributed by atoms with Crippen molar-refractivity contribution in [2.24, 2.45) is 17.3 Å². The number of rotatable bonds is 8. The predicted octanol–water partition coefficient (Wildman–Crippen LogP) is 3.60. The molecule has 0 aromatic carbocycles. The number of carbonyl (C=O) groups is 2. The van der Waals surface area contributed by atoms with Gasteiger partial charge in [0, 0.05) is 12.5 Å². The fraction of sp³-hybridized carbons (Fsp3) is 0.882. The van der Waals surface area contributed by atoms with Crippen molar-refractivity contribution >= 4 is 11.9 Å². The molecule has 122 valence electrons. The Kier molecular flexibility index (Phi) is 7.20. The lowest BCUT2D eigenvalue weighted by molar-refractivity contribution is -0.148. The fourth-order valence-electron chi connectivity index (χ4n) is 2.98. The van der Waals surface area contributed by atoms with Crippen molar-refractivity contribution in [1.29, 1.82) is 0 Å². The summed E-state index contributed by atoms with van der Waals surface area (Å²) in [4.78, 5) is 23.4. The van der Waals surface area contributed by atoms with E-state index in [0.29, 0.717) is 6.42 Å². The molecule has 1 atom stereocenters. The molecule has 0 aliphatic heterocycles. The molecule has 4 nitrogen and oxygen atoms in total. The second-order valence-corrected chi connectivity index (χ2v) is 6.80. The van der Waals surface area contributed by atoms with Crippen molar-refractivity contribution < 1.29 is 14.7 Å². The number of carbonyl (C=O) groups excluding carboxylic acids is 1. The average Bonchev–Trinajstić information content (AvgIpc) is 2.50. The minimum atomic E-state index is -0.853. The molecule has 1 aliphatic carbocycles. The van der Waals surface area contributed by atoms with Crippen molar-refractivity contribution in [2.45, 2.75) is 72.1 Å². The first kappa shape index (κ1) is 18.0. The van der Waals surface area contributed by atoms with Gasteiger partial charge < -0.3 is 10.4 Å². The molecule has 21 heavy (non-hydrogen) atoms. The first-order valence-electron chi connectivity index (χ1n) is 8.44. The zero-order chi connectivity index (χ0) is 15.9. The summed E-state index contributed by atoms with van der Waals surface area (Å²) in [5.41, 5.74) is -0.853. The van der Waals surface area contributed by atoms with Crippen LogP contribution in [0.1, 0.15) is 72.1 Å². The number of nitrogens with one attached hydrogen (secondary N) is 1. The third kappa shape index (κ3) is 5.33. The van der Waals surface area contributed by atoms with Gasteiger partial charge in [0.05, 0.1) is 5.41 Å². The highest BCUT2D eigenvalue weighted by atomic mass is 16.4. The van der Waals surface area contributed by atoms with Gasteiger partial charge in [0.1, 0.15) is 0 Å². The van der Waals surface area contributed by atoms with Gasteiger partial charge in [-0.25, -0.2) is 0 Å². The van der Waals surface area contributed by atoms with Crippen molar-refractivity contribution in [3.8, 4) is 0 Å². The molecule has 1 saturated carbocycles. The zero-order valence-electron chi connectivity index (χ0n) is 13.8. The zero-order valence-corrected chi connectivity index (χ0v) is 13.8. The second kappa shape index (κ2) is 8.40. The molecule has 1 amide bonds. The van der Waals surface area contributed by atoms with E-state index in [1.165, 1.54) is 19.3 Å². The van der Waals surface area contributed by atoms with Gasteiger partial charge in [0.2, 0.25) is 5.91 Å². The second-order valence-electron chi connectivity index (χ2n) is 6.80. The third-order valence-corrected chi connectivity index (χ3v) is 5.13. The maximum atomic E-state index is 12.2. The Bertz CT molecular complexity index is 348. The monoisotopic (exact) mass is 297 g/mol. The Morgan fingerprint density at radius 2 is 1.81 bits per heavy atom. The van der Waals surface area contributed by atoms with E-state index in [-0.39, 0.29) is 18.4 Å². The summed E-state index contributed by atoms with van der Waals surface area (Å²) in [6.07, 6.45) is 8.53. The fourth-order valence-corrected chi connectivity index (χ4v) is 2.98. The van der Waals surface area contributed by atoms with Crippen LogP contribution in [0, 0.1) is 17.3 Å². The number of amides is 1. The first-order valence-corrected chi connectivity index (χ1v) is 8.44. The molecule has 1 rings (SSSR count). The summed E-state index contributed by atoms with van der Waals surface area (Å²) in [6.45, 7) is 5.98. The lowest BCUT2D eigenvalue weighted by Gasteiger charge is -2.29. The molecular weight excluding hydrogens is 266 g/mol. The van der Waals surface area contributed by atoms with Crippen LogP contribution in [0.25, 0.3) is 0 Å². The van der Waals surface area contributed by atoms with Gasteiger partial charge in [-0.2, -0.15) is 0 Å². The first-order chi connectivity index (χ1) is 9.92.